The van der Waals surface area contributed by atoms with Crippen molar-refractivity contribution in [2.75, 3.05) is 29.9 Å². The van der Waals surface area contributed by atoms with Crippen molar-refractivity contribution >= 4 is 29.9 Å². The number of hydrogen-bond donors (Lipinski definition) is 3. The van der Waals surface area contributed by atoms with Crippen LogP contribution in [0.4, 0.5) is 16.6 Å². The third-order valence-electron chi connectivity index (χ3n) is 11.2. The fourth-order valence-corrected chi connectivity index (χ4v) is 8.17. The number of urea groups is 1. The van der Waals surface area contributed by atoms with Crippen LogP contribution in [0, 0.1) is 0 Å². The molecule has 8 rings (SSSR count). The number of carbonyl (C=O) groups excluding carboxylic acids is 1. The largest absolute Gasteiger partial charge is 0.484 e. The molecule has 56 heavy (non-hydrogen) atoms. The Morgan fingerprint density at radius 3 is 2.38 bits per heavy atom. The fourth-order valence-electron chi connectivity index (χ4n) is 8.17. The van der Waals surface area contributed by atoms with Gasteiger partial charge in [-0.15, -0.1) is 10.2 Å². The maximum Gasteiger partial charge on any atom is 0.320 e. The molecule has 296 valence electrons. The van der Waals surface area contributed by atoms with Crippen molar-refractivity contribution in [3.05, 3.63) is 95.3 Å². The summed E-state index contributed by atoms with van der Waals surface area (Å²) in [6, 6.07) is 22.8. The summed E-state index contributed by atoms with van der Waals surface area (Å²) in [6.45, 7) is 12.7. The summed E-state index contributed by atoms with van der Waals surface area (Å²) in [5, 5.41) is 27.3. The molecule has 3 atom stereocenters. The molecule has 3 N–H and O–H groups in total. The van der Waals surface area contributed by atoms with E-state index in [-0.39, 0.29) is 30.1 Å². The van der Waals surface area contributed by atoms with Crippen molar-refractivity contribution < 1.29 is 19.4 Å². The summed E-state index contributed by atoms with van der Waals surface area (Å²) < 4.78 is 10.6. The number of rotatable bonds is 8. The molecule has 2 saturated heterocycles. The van der Waals surface area contributed by atoms with Gasteiger partial charge in [-0.1, -0.05) is 63.6 Å². The maximum absolute atomic E-state index is 13.7. The van der Waals surface area contributed by atoms with E-state index in [1.165, 1.54) is 31.2 Å². The lowest BCUT2D eigenvalue weighted by Gasteiger charge is -2.33. The number of aromatic nitrogens is 5. The molecular weight excluding hydrogens is 707 g/mol. The van der Waals surface area contributed by atoms with E-state index in [9.17, 15) is 4.79 Å². The topological polar surface area (TPSA) is 142 Å². The molecule has 13 nitrogen and oxygen atoms in total. The monoisotopic (exact) mass is 761 g/mol. The lowest BCUT2D eigenvalue weighted by molar-refractivity contribution is -0.122. The zero-order chi connectivity index (χ0) is 39.2. The number of benzene rings is 2. The van der Waals surface area contributed by atoms with Crippen molar-refractivity contribution in [1.29, 1.82) is 0 Å². The number of fused-ring (bicyclic) bond motifs is 2. The van der Waals surface area contributed by atoms with Crippen molar-refractivity contribution in [1.82, 2.24) is 34.6 Å². The van der Waals surface area contributed by atoms with Gasteiger partial charge in [0.2, 0.25) is 5.95 Å². The van der Waals surface area contributed by atoms with Crippen LogP contribution in [0.15, 0.2) is 72.9 Å². The van der Waals surface area contributed by atoms with E-state index in [1.807, 2.05) is 41.2 Å². The Morgan fingerprint density at radius 2 is 1.64 bits per heavy atom. The normalized spacial score (nSPS) is 20.1. The fraction of sp³-hybridized carbons (Fsp3) is 0.465. The van der Waals surface area contributed by atoms with Crippen LogP contribution in [0.2, 0.25) is 0 Å². The molecule has 13 heteroatoms. The van der Waals surface area contributed by atoms with Crippen LogP contribution in [0.1, 0.15) is 114 Å². The van der Waals surface area contributed by atoms with Crippen molar-refractivity contribution in [3.63, 3.8) is 0 Å². The summed E-state index contributed by atoms with van der Waals surface area (Å²) in [5.41, 5.74) is 5.91. The van der Waals surface area contributed by atoms with Gasteiger partial charge in [0.25, 0.3) is 6.47 Å². The highest BCUT2D eigenvalue weighted by Crippen LogP contribution is 2.39. The number of carbonyl (C=O) groups is 2. The van der Waals surface area contributed by atoms with E-state index in [0.717, 1.165) is 91.7 Å². The average molecular weight is 762 g/mol. The number of piperidine rings is 2. The first kappa shape index (κ1) is 38.8. The molecule has 0 radical (unpaired) electrons. The summed E-state index contributed by atoms with van der Waals surface area (Å²) >= 11 is 0. The molecule has 1 aliphatic carbocycles. The molecule has 0 spiro atoms. The zero-order valence-corrected chi connectivity index (χ0v) is 33.0. The van der Waals surface area contributed by atoms with E-state index < -0.39 is 0 Å². The quantitative estimate of drug-likeness (QED) is 0.134. The van der Waals surface area contributed by atoms with E-state index >= 15 is 0 Å². The van der Waals surface area contributed by atoms with Crippen LogP contribution in [0.25, 0.3) is 11.3 Å². The Bertz CT molecular complexity index is 2100. The lowest BCUT2D eigenvalue weighted by atomic mass is 9.85. The first-order chi connectivity index (χ1) is 27.1. The van der Waals surface area contributed by atoms with Gasteiger partial charge >= 0.3 is 6.03 Å². The SMILES string of the molecule is C[C@H]1CCCCN1c1nnc2ccc(O[C@@H]3CC[C@H](NC(=O)Nc4cc(C(C)(C)C)nn4-c4ccc(CN5CCCCC5)cc4)c4ccccc43)cn12.O=CO. The number of hydrogen-bond acceptors (Lipinski definition) is 8. The average Bonchev–Trinajstić information content (AvgIpc) is 3.82. The van der Waals surface area contributed by atoms with Crippen LogP contribution in [-0.2, 0) is 16.8 Å². The number of anilines is 2. The summed E-state index contributed by atoms with van der Waals surface area (Å²) in [6.07, 6.45) is 10.8. The zero-order valence-electron chi connectivity index (χ0n) is 33.0. The minimum absolute atomic E-state index is 0.146. The third kappa shape index (κ3) is 8.83. The van der Waals surface area contributed by atoms with Gasteiger partial charge in [0.1, 0.15) is 17.7 Å². The number of nitrogens with zero attached hydrogens (tertiary/aromatic N) is 7. The lowest BCUT2D eigenvalue weighted by Crippen LogP contribution is -2.38. The molecular formula is C43H55N9O4. The molecule has 0 saturated carbocycles. The van der Waals surface area contributed by atoms with E-state index in [4.69, 9.17) is 19.7 Å². The number of ether oxygens (including phenoxy) is 1. The molecule has 2 aliphatic heterocycles. The molecule has 5 aromatic rings. The van der Waals surface area contributed by atoms with Gasteiger partial charge in [-0.25, -0.2) is 9.48 Å². The van der Waals surface area contributed by atoms with Gasteiger partial charge in [-0.2, -0.15) is 5.10 Å². The van der Waals surface area contributed by atoms with Crippen LogP contribution >= 0.6 is 0 Å². The Kier molecular flexibility index (Phi) is 11.9. The molecule has 5 heterocycles. The predicted octanol–water partition coefficient (Wildman–Crippen LogP) is 8.05. The molecule has 2 fully saturated rings. The smallest absolute Gasteiger partial charge is 0.320 e. The number of pyridine rings is 1. The number of likely N-dealkylation sites (tertiary alicyclic amines) is 1. The maximum atomic E-state index is 13.7. The Labute approximate surface area is 329 Å². The summed E-state index contributed by atoms with van der Waals surface area (Å²) in [5.74, 6) is 2.29. The summed E-state index contributed by atoms with van der Waals surface area (Å²) in [4.78, 5) is 27.0. The standard InChI is InChI=1S/C42H53N9O2.CH2O2/c1-29-12-8-11-25-49(29)41-46-45-38-22-19-32(28-50(38)41)53-36-21-20-35(33-13-6-7-14-34(33)36)43-40(52)44-39-26-37(42(2,3)4)47-51(39)31-17-15-30(16-18-31)27-48-23-9-5-10-24-48;2-1-3/h6-7,13-19,22,26,28-29,35-36H,5,8-12,20-21,23-25,27H2,1-4H3,(H2,43,44,52);1H,(H,2,3)/t29-,35-,36+;/m0./s1. The third-order valence-corrected chi connectivity index (χ3v) is 11.2. The highest BCUT2D eigenvalue weighted by atomic mass is 16.5. The molecule has 0 bridgehead atoms. The molecule has 0 unspecified atom stereocenters. The van der Waals surface area contributed by atoms with Crippen molar-refractivity contribution in [2.45, 2.75) is 109 Å². The molecule has 3 aromatic heterocycles. The molecule has 2 aromatic carbocycles. The first-order valence-corrected chi connectivity index (χ1v) is 20.1. The number of nitrogens with one attached hydrogen (secondary N) is 2. The van der Waals surface area contributed by atoms with Gasteiger partial charge in [-0.05, 0) is 106 Å². The Hall–Kier alpha value is -5.43. The highest BCUT2D eigenvalue weighted by molar-refractivity contribution is 5.89. The van der Waals surface area contributed by atoms with Crippen LogP contribution in [0.5, 0.6) is 5.75 Å². The summed E-state index contributed by atoms with van der Waals surface area (Å²) in [7, 11) is 0. The van der Waals surface area contributed by atoms with Crippen molar-refractivity contribution in [2.24, 2.45) is 0 Å². The second kappa shape index (κ2) is 17.2. The highest BCUT2D eigenvalue weighted by Gasteiger charge is 2.31. The van der Waals surface area contributed by atoms with Gasteiger partial charge in [0.05, 0.1) is 23.6 Å². The van der Waals surface area contributed by atoms with Gasteiger partial charge in [0, 0.05) is 30.6 Å². The Morgan fingerprint density at radius 1 is 0.911 bits per heavy atom. The minimum Gasteiger partial charge on any atom is -0.484 e. The number of carboxylic acid groups (broad SMARTS) is 1. The van der Waals surface area contributed by atoms with E-state index in [2.05, 4.69) is 99.1 Å². The Balaban J connectivity index is 0.00000155. The first-order valence-electron chi connectivity index (χ1n) is 20.1. The minimum atomic E-state index is -0.259. The second-order valence-corrected chi connectivity index (χ2v) is 16.3. The number of amides is 2. The molecule has 2 amide bonds. The predicted molar refractivity (Wildman–Crippen MR) is 218 cm³/mol. The van der Waals surface area contributed by atoms with Gasteiger partial charge in [0.15, 0.2) is 5.65 Å². The van der Waals surface area contributed by atoms with Gasteiger partial charge < -0.3 is 20.1 Å². The van der Waals surface area contributed by atoms with Gasteiger partial charge in [-0.3, -0.25) is 19.4 Å². The van der Waals surface area contributed by atoms with Crippen LogP contribution in [0.3, 0.4) is 0 Å². The van der Waals surface area contributed by atoms with Crippen molar-refractivity contribution in [3.8, 4) is 11.4 Å². The van der Waals surface area contributed by atoms with Crippen LogP contribution < -0.4 is 20.3 Å². The second-order valence-electron chi connectivity index (χ2n) is 16.3. The van der Waals surface area contributed by atoms with E-state index in [0.29, 0.717) is 11.9 Å². The van der Waals surface area contributed by atoms with E-state index in [1.54, 1.807) is 0 Å². The van der Waals surface area contributed by atoms with Crippen LogP contribution in [-0.4, -0.2) is 72.6 Å². The molecule has 3 aliphatic rings.